The highest BCUT2D eigenvalue weighted by molar-refractivity contribution is 6.30. The molecule has 1 aromatic carbocycles. The molecule has 112 valence electrons. The highest BCUT2D eigenvalue weighted by atomic mass is 35.5. The van der Waals surface area contributed by atoms with Gasteiger partial charge in [-0.3, -0.25) is 0 Å². The molecule has 1 N–H and O–H groups in total. The summed E-state index contributed by atoms with van der Waals surface area (Å²) in [5.74, 6) is -0.252. The molecule has 1 aliphatic carbocycles. The number of nitrogens with one attached hydrogen (secondary N) is 1. The van der Waals surface area contributed by atoms with Crippen LogP contribution in [0.2, 0.25) is 5.02 Å². The fourth-order valence-electron chi connectivity index (χ4n) is 3.16. The van der Waals surface area contributed by atoms with E-state index in [4.69, 9.17) is 16.3 Å². The van der Waals surface area contributed by atoms with E-state index in [2.05, 4.69) is 5.32 Å². The molecular weight excluding hydrogens is 277 g/mol. The zero-order valence-electron chi connectivity index (χ0n) is 12.1. The van der Waals surface area contributed by atoms with E-state index >= 15 is 0 Å². The number of halogens is 2. The summed E-state index contributed by atoms with van der Waals surface area (Å²) in [5, 5.41) is 3.67. The molecule has 0 saturated heterocycles. The minimum absolute atomic E-state index is 0.166. The first-order valence-electron chi connectivity index (χ1n) is 7.29. The second kappa shape index (κ2) is 7.39. The molecule has 4 heteroatoms. The normalized spacial score (nSPS) is 17.6. The van der Waals surface area contributed by atoms with Crippen molar-refractivity contribution in [3.8, 4) is 0 Å². The Hall–Kier alpha value is -0.640. The molecule has 0 atom stereocenters. The van der Waals surface area contributed by atoms with E-state index in [9.17, 15) is 4.39 Å². The van der Waals surface area contributed by atoms with Crippen molar-refractivity contribution < 1.29 is 9.13 Å². The molecule has 1 aromatic rings. The third-order valence-corrected chi connectivity index (χ3v) is 4.54. The lowest BCUT2D eigenvalue weighted by Gasteiger charge is -2.30. The summed E-state index contributed by atoms with van der Waals surface area (Å²) < 4.78 is 19.1. The molecule has 0 bridgehead atoms. The number of hydrogen-bond donors (Lipinski definition) is 1. The molecule has 0 aliphatic heterocycles. The molecule has 20 heavy (non-hydrogen) atoms. The molecular formula is C16H23ClFNO. The molecule has 2 nitrogen and oxygen atoms in total. The molecule has 1 saturated carbocycles. The zero-order chi connectivity index (χ0) is 14.4. The smallest absolute Gasteiger partial charge is 0.144 e. The lowest BCUT2D eigenvalue weighted by atomic mass is 9.79. The molecule has 0 aromatic heterocycles. The van der Waals surface area contributed by atoms with Crippen molar-refractivity contribution in [1.29, 1.82) is 0 Å². The van der Waals surface area contributed by atoms with Gasteiger partial charge in [-0.05, 0) is 36.3 Å². The van der Waals surface area contributed by atoms with Crippen LogP contribution in [0.15, 0.2) is 18.2 Å². The van der Waals surface area contributed by atoms with Crippen molar-refractivity contribution in [3.05, 3.63) is 34.6 Å². The van der Waals surface area contributed by atoms with Gasteiger partial charge in [-0.15, -0.1) is 0 Å². The Labute approximate surface area is 125 Å². The van der Waals surface area contributed by atoms with Crippen molar-refractivity contribution in [3.63, 3.8) is 0 Å². The second-order valence-electron chi connectivity index (χ2n) is 5.77. The van der Waals surface area contributed by atoms with Gasteiger partial charge in [0.25, 0.3) is 0 Å². The number of rotatable bonds is 7. The van der Waals surface area contributed by atoms with Crippen molar-refractivity contribution in [1.82, 2.24) is 5.32 Å². The van der Waals surface area contributed by atoms with Gasteiger partial charge in [0.15, 0.2) is 0 Å². The van der Waals surface area contributed by atoms with Gasteiger partial charge in [0.1, 0.15) is 5.82 Å². The Morgan fingerprint density at radius 1 is 1.35 bits per heavy atom. The summed E-state index contributed by atoms with van der Waals surface area (Å²) in [6.45, 7) is 2.47. The second-order valence-corrected chi connectivity index (χ2v) is 6.17. The summed E-state index contributed by atoms with van der Waals surface area (Å²) in [4.78, 5) is 0. The van der Waals surface area contributed by atoms with Gasteiger partial charge in [-0.2, -0.15) is 0 Å². The van der Waals surface area contributed by atoms with E-state index in [1.807, 2.05) is 12.1 Å². The van der Waals surface area contributed by atoms with Crippen LogP contribution in [-0.2, 0) is 11.2 Å². The fraction of sp³-hybridized carbons (Fsp3) is 0.625. The van der Waals surface area contributed by atoms with Crippen LogP contribution in [0.3, 0.4) is 0 Å². The third kappa shape index (κ3) is 3.94. The number of hydrogen-bond acceptors (Lipinski definition) is 2. The Morgan fingerprint density at radius 3 is 2.80 bits per heavy atom. The van der Waals surface area contributed by atoms with Gasteiger partial charge in [0.05, 0.1) is 11.6 Å². The molecule has 0 unspecified atom stereocenters. The SMILES string of the molecule is COCCNCC1(Cc2cccc(Cl)c2F)CCCC1. The number of benzene rings is 1. The predicted molar refractivity (Wildman–Crippen MR) is 80.8 cm³/mol. The van der Waals surface area contributed by atoms with E-state index in [1.165, 1.54) is 12.8 Å². The van der Waals surface area contributed by atoms with Crippen molar-refractivity contribution in [2.24, 2.45) is 5.41 Å². The van der Waals surface area contributed by atoms with Gasteiger partial charge >= 0.3 is 0 Å². The van der Waals surface area contributed by atoms with Crippen LogP contribution in [0.4, 0.5) is 4.39 Å². The summed E-state index contributed by atoms with van der Waals surface area (Å²) in [6, 6.07) is 5.30. The molecule has 2 rings (SSSR count). The molecule has 1 fully saturated rings. The van der Waals surface area contributed by atoms with Gasteiger partial charge in [-0.1, -0.05) is 36.6 Å². The molecule has 0 amide bonds. The topological polar surface area (TPSA) is 21.3 Å². The first-order chi connectivity index (χ1) is 9.67. The lowest BCUT2D eigenvalue weighted by Crippen LogP contribution is -2.35. The zero-order valence-corrected chi connectivity index (χ0v) is 12.8. The minimum atomic E-state index is -0.252. The quantitative estimate of drug-likeness (QED) is 0.773. The highest BCUT2D eigenvalue weighted by Crippen LogP contribution is 2.41. The van der Waals surface area contributed by atoms with E-state index in [0.717, 1.165) is 37.9 Å². The molecule has 0 heterocycles. The first kappa shape index (κ1) is 15.7. The summed E-state index contributed by atoms with van der Waals surface area (Å²) in [7, 11) is 1.70. The standard InChI is InChI=1S/C16H23ClFNO/c1-20-10-9-19-12-16(7-2-3-8-16)11-13-5-4-6-14(17)15(13)18/h4-6,19H,2-3,7-12H2,1H3. The van der Waals surface area contributed by atoms with Crippen LogP contribution in [-0.4, -0.2) is 26.8 Å². The fourth-order valence-corrected chi connectivity index (χ4v) is 3.35. The summed E-state index contributed by atoms with van der Waals surface area (Å²) in [6.07, 6.45) is 5.53. The van der Waals surface area contributed by atoms with Gasteiger partial charge in [0.2, 0.25) is 0 Å². The van der Waals surface area contributed by atoms with Crippen LogP contribution in [0.1, 0.15) is 31.2 Å². The van der Waals surface area contributed by atoms with Crippen molar-refractivity contribution in [2.75, 3.05) is 26.8 Å². The van der Waals surface area contributed by atoms with Gasteiger partial charge in [0, 0.05) is 20.2 Å². The van der Waals surface area contributed by atoms with Crippen LogP contribution < -0.4 is 5.32 Å². The van der Waals surface area contributed by atoms with Crippen LogP contribution in [0, 0.1) is 11.2 Å². The maximum atomic E-state index is 14.1. The Balaban J connectivity index is 2.03. The monoisotopic (exact) mass is 299 g/mol. The molecule has 0 spiro atoms. The van der Waals surface area contributed by atoms with Crippen molar-refractivity contribution >= 4 is 11.6 Å². The molecule has 0 radical (unpaired) electrons. The average Bonchev–Trinajstić information content (AvgIpc) is 2.89. The van der Waals surface area contributed by atoms with Crippen LogP contribution >= 0.6 is 11.6 Å². The maximum absolute atomic E-state index is 14.1. The average molecular weight is 300 g/mol. The van der Waals surface area contributed by atoms with Gasteiger partial charge in [-0.25, -0.2) is 4.39 Å². The van der Waals surface area contributed by atoms with Gasteiger partial charge < -0.3 is 10.1 Å². The maximum Gasteiger partial charge on any atom is 0.144 e. The van der Waals surface area contributed by atoms with E-state index in [-0.39, 0.29) is 16.3 Å². The van der Waals surface area contributed by atoms with Crippen molar-refractivity contribution in [2.45, 2.75) is 32.1 Å². The first-order valence-corrected chi connectivity index (χ1v) is 7.67. The third-order valence-electron chi connectivity index (χ3n) is 4.24. The van der Waals surface area contributed by atoms with Crippen LogP contribution in [0.25, 0.3) is 0 Å². The van der Waals surface area contributed by atoms with Crippen LogP contribution in [0.5, 0.6) is 0 Å². The van der Waals surface area contributed by atoms with E-state index < -0.39 is 0 Å². The number of methoxy groups -OCH3 is 1. The summed E-state index contributed by atoms with van der Waals surface area (Å²) >= 11 is 5.88. The largest absolute Gasteiger partial charge is 0.383 e. The highest BCUT2D eigenvalue weighted by Gasteiger charge is 2.34. The minimum Gasteiger partial charge on any atom is -0.383 e. The predicted octanol–water partition coefficient (Wildman–Crippen LogP) is 3.82. The Kier molecular flexibility index (Phi) is 5.82. The summed E-state index contributed by atoms with van der Waals surface area (Å²) in [5.41, 5.74) is 0.909. The Bertz CT molecular complexity index is 432. The Morgan fingerprint density at radius 2 is 2.10 bits per heavy atom. The van der Waals surface area contributed by atoms with E-state index in [0.29, 0.717) is 6.61 Å². The number of ether oxygens (including phenoxy) is 1. The van der Waals surface area contributed by atoms with E-state index in [1.54, 1.807) is 13.2 Å². The lowest BCUT2D eigenvalue weighted by molar-refractivity contribution is 0.189. The molecule has 1 aliphatic rings.